The fourth-order valence-electron chi connectivity index (χ4n) is 0.991. The number of aliphatic hydroxyl groups is 3. The zero-order valence-corrected chi connectivity index (χ0v) is 8.56. The van der Waals surface area contributed by atoms with E-state index in [2.05, 4.69) is 0 Å². The number of hydrogen-bond acceptors (Lipinski definition) is 5. The molecule has 0 radical (unpaired) electrons. The summed E-state index contributed by atoms with van der Waals surface area (Å²) >= 11 is 0. The first-order chi connectivity index (χ1) is 6.70. The van der Waals surface area contributed by atoms with Crippen LogP contribution in [0.25, 0.3) is 0 Å². The molecule has 3 N–H and O–H groups in total. The molecular formula is C9H20O5. The van der Waals surface area contributed by atoms with Crippen LogP contribution < -0.4 is 0 Å². The molecular weight excluding hydrogens is 188 g/mol. The number of rotatable bonds is 9. The molecule has 0 saturated carbocycles. The minimum absolute atomic E-state index is 0.0728. The van der Waals surface area contributed by atoms with E-state index in [4.69, 9.17) is 19.7 Å². The van der Waals surface area contributed by atoms with Gasteiger partial charge in [-0.15, -0.1) is 0 Å². The Bertz CT molecular complexity index is 120. The van der Waals surface area contributed by atoms with Crippen LogP contribution in [0.5, 0.6) is 0 Å². The molecule has 0 heterocycles. The van der Waals surface area contributed by atoms with Crippen molar-refractivity contribution in [2.75, 3.05) is 33.5 Å². The van der Waals surface area contributed by atoms with Crippen LogP contribution in [0.2, 0.25) is 0 Å². The van der Waals surface area contributed by atoms with Crippen LogP contribution in [0, 0.1) is 0 Å². The SMILES string of the molecule is COCC(O)COCC(O)CCCO. The van der Waals surface area contributed by atoms with Crippen molar-refractivity contribution >= 4 is 0 Å². The molecule has 0 bridgehead atoms. The van der Waals surface area contributed by atoms with Crippen molar-refractivity contribution < 1.29 is 24.8 Å². The third-order valence-corrected chi connectivity index (χ3v) is 1.67. The predicted octanol–water partition coefficient (Wildman–Crippen LogP) is -0.856. The maximum Gasteiger partial charge on any atom is 0.101 e. The molecule has 5 nitrogen and oxygen atoms in total. The molecule has 0 spiro atoms. The lowest BCUT2D eigenvalue weighted by Gasteiger charge is -2.13. The minimum Gasteiger partial charge on any atom is -0.396 e. The lowest BCUT2D eigenvalue weighted by molar-refractivity contribution is -0.0335. The van der Waals surface area contributed by atoms with Crippen molar-refractivity contribution in [1.82, 2.24) is 0 Å². The van der Waals surface area contributed by atoms with Gasteiger partial charge in [-0.1, -0.05) is 0 Å². The van der Waals surface area contributed by atoms with Gasteiger partial charge in [0.25, 0.3) is 0 Å². The van der Waals surface area contributed by atoms with E-state index in [0.29, 0.717) is 12.8 Å². The lowest BCUT2D eigenvalue weighted by Crippen LogP contribution is -2.24. The van der Waals surface area contributed by atoms with E-state index in [1.807, 2.05) is 0 Å². The third kappa shape index (κ3) is 8.40. The highest BCUT2D eigenvalue weighted by molar-refractivity contribution is 4.56. The summed E-state index contributed by atoms with van der Waals surface area (Å²) in [5, 5.41) is 26.9. The summed E-state index contributed by atoms with van der Waals surface area (Å²) in [6.07, 6.45) is -0.149. The fraction of sp³-hybridized carbons (Fsp3) is 1.00. The Morgan fingerprint density at radius 3 is 2.29 bits per heavy atom. The van der Waals surface area contributed by atoms with Crippen molar-refractivity contribution in [3.63, 3.8) is 0 Å². The maximum atomic E-state index is 9.27. The molecule has 0 rings (SSSR count). The van der Waals surface area contributed by atoms with Gasteiger partial charge in [-0.2, -0.15) is 0 Å². The van der Waals surface area contributed by atoms with E-state index in [0.717, 1.165) is 0 Å². The molecule has 2 unspecified atom stereocenters. The topological polar surface area (TPSA) is 79.2 Å². The molecule has 2 atom stereocenters. The van der Waals surface area contributed by atoms with Crippen molar-refractivity contribution in [1.29, 1.82) is 0 Å². The van der Waals surface area contributed by atoms with E-state index in [1.165, 1.54) is 7.11 Å². The Morgan fingerprint density at radius 1 is 1.07 bits per heavy atom. The monoisotopic (exact) mass is 208 g/mol. The molecule has 86 valence electrons. The lowest BCUT2D eigenvalue weighted by atomic mass is 10.2. The quantitative estimate of drug-likeness (QED) is 0.459. The Kier molecular flexibility index (Phi) is 9.23. The van der Waals surface area contributed by atoms with Gasteiger partial charge in [0.1, 0.15) is 6.10 Å². The van der Waals surface area contributed by atoms with Crippen LogP contribution in [0.15, 0.2) is 0 Å². The highest BCUT2D eigenvalue weighted by Crippen LogP contribution is 1.97. The van der Waals surface area contributed by atoms with Gasteiger partial charge in [0.15, 0.2) is 0 Å². The molecule has 0 aliphatic carbocycles. The summed E-state index contributed by atoms with van der Waals surface area (Å²) in [7, 11) is 1.50. The molecule has 0 aliphatic heterocycles. The molecule has 0 aromatic carbocycles. The molecule has 0 aromatic rings. The summed E-state index contributed by atoms with van der Waals surface area (Å²) < 4.78 is 9.75. The highest BCUT2D eigenvalue weighted by Gasteiger charge is 2.07. The molecule has 0 amide bonds. The number of ether oxygens (including phenoxy) is 2. The largest absolute Gasteiger partial charge is 0.396 e. The molecule has 0 saturated heterocycles. The van der Waals surface area contributed by atoms with Gasteiger partial charge in [0.05, 0.1) is 25.9 Å². The standard InChI is InChI=1S/C9H20O5/c1-13-5-9(12)7-14-6-8(11)3-2-4-10/h8-12H,2-7H2,1H3. The second-order valence-electron chi connectivity index (χ2n) is 3.17. The van der Waals surface area contributed by atoms with Gasteiger partial charge in [-0.05, 0) is 12.8 Å². The Morgan fingerprint density at radius 2 is 1.71 bits per heavy atom. The average molecular weight is 208 g/mol. The Balaban J connectivity index is 3.25. The van der Waals surface area contributed by atoms with Crippen LogP contribution in [-0.4, -0.2) is 61.1 Å². The first-order valence-electron chi connectivity index (χ1n) is 4.74. The summed E-state index contributed by atoms with van der Waals surface area (Å²) in [6, 6.07) is 0. The van der Waals surface area contributed by atoms with Crippen LogP contribution in [0.3, 0.4) is 0 Å². The van der Waals surface area contributed by atoms with Gasteiger partial charge in [-0.3, -0.25) is 0 Å². The van der Waals surface area contributed by atoms with Gasteiger partial charge < -0.3 is 24.8 Å². The number of methoxy groups -OCH3 is 1. The van der Waals surface area contributed by atoms with Gasteiger partial charge in [0.2, 0.25) is 0 Å². The van der Waals surface area contributed by atoms with Crippen LogP contribution in [-0.2, 0) is 9.47 Å². The Labute approximate surface area is 84.3 Å². The molecule has 14 heavy (non-hydrogen) atoms. The molecule has 0 aliphatic rings. The van der Waals surface area contributed by atoms with E-state index < -0.39 is 12.2 Å². The second kappa shape index (κ2) is 9.36. The normalized spacial score (nSPS) is 15.4. The fourth-order valence-corrected chi connectivity index (χ4v) is 0.991. The van der Waals surface area contributed by atoms with Crippen LogP contribution >= 0.6 is 0 Å². The predicted molar refractivity (Wildman–Crippen MR) is 51.0 cm³/mol. The molecule has 0 fully saturated rings. The zero-order valence-electron chi connectivity index (χ0n) is 8.56. The first kappa shape index (κ1) is 13.8. The molecule has 5 heteroatoms. The highest BCUT2D eigenvalue weighted by atomic mass is 16.5. The van der Waals surface area contributed by atoms with Crippen LogP contribution in [0.4, 0.5) is 0 Å². The van der Waals surface area contributed by atoms with E-state index >= 15 is 0 Å². The van der Waals surface area contributed by atoms with Crippen molar-refractivity contribution in [2.45, 2.75) is 25.0 Å². The maximum absolute atomic E-state index is 9.27. The number of aliphatic hydroxyl groups excluding tert-OH is 3. The first-order valence-corrected chi connectivity index (χ1v) is 4.74. The minimum atomic E-state index is -0.648. The molecule has 0 aromatic heterocycles. The van der Waals surface area contributed by atoms with Crippen LogP contribution in [0.1, 0.15) is 12.8 Å². The summed E-state index contributed by atoms with van der Waals surface area (Å²) in [6.45, 7) is 0.640. The van der Waals surface area contributed by atoms with Gasteiger partial charge in [0, 0.05) is 13.7 Å². The van der Waals surface area contributed by atoms with Gasteiger partial charge in [-0.25, -0.2) is 0 Å². The van der Waals surface area contributed by atoms with E-state index in [-0.39, 0.29) is 26.4 Å². The average Bonchev–Trinajstić information content (AvgIpc) is 2.15. The Hall–Kier alpha value is -0.200. The van der Waals surface area contributed by atoms with E-state index in [1.54, 1.807) is 0 Å². The number of hydrogen-bond donors (Lipinski definition) is 3. The third-order valence-electron chi connectivity index (χ3n) is 1.67. The van der Waals surface area contributed by atoms with E-state index in [9.17, 15) is 5.11 Å². The summed E-state index contributed by atoms with van der Waals surface area (Å²) in [5.74, 6) is 0. The van der Waals surface area contributed by atoms with Crippen molar-refractivity contribution in [2.24, 2.45) is 0 Å². The second-order valence-corrected chi connectivity index (χ2v) is 3.17. The smallest absolute Gasteiger partial charge is 0.101 e. The van der Waals surface area contributed by atoms with Crippen molar-refractivity contribution in [3.05, 3.63) is 0 Å². The zero-order chi connectivity index (χ0) is 10.8. The summed E-state index contributed by atoms with van der Waals surface area (Å²) in [5.41, 5.74) is 0. The van der Waals surface area contributed by atoms with Crippen molar-refractivity contribution in [3.8, 4) is 0 Å². The summed E-state index contributed by atoms with van der Waals surface area (Å²) in [4.78, 5) is 0. The van der Waals surface area contributed by atoms with Gasteiger partial charge >= 0.3 is 0 Å².